The molecule has 1 rings (SSSR count). The number of nitrogens with zero attached hydrogens (tertiary/aromatic N) is 3. The summed E-state index contributed by atoms with van der Waals surface area (Å²) in [5.74, 6) is -1.64. The number of hydrogen-bond acceptors (Lipinski definition) is 4. The molecule has 0 saturated carbocycles. The summed E-state index contributed by atoms with van der Waals surface area (Å²) in [5.41, 5.74) is 0. The van der Waals surface area contributed by atoms with E-state index in [0.717, 1.165) is 6.04 Å². The van der Waals surface area contributed by atoms with Crippen molar-refractivity contribution in [3.63, 3.8) is 0 Å². The highest BCUT2D eigenvalue weighted by Crippen LogP contribution is 2.12. The van der Waals surface area contributed by atoms with E-state index >= 15 is 0 Å². The van der Waals surface area contributed by atoms with Crippen LogP contribution in [0.25, 0.3) is 4.85 Å². The van der Waals surface area contributed by atoms with Crippen LogP contribution in [0, 0.1) is 6.57 Å². The number of carboxylic acids is 1. The summed E-state index contributed by atoms with van der Waals surface area (Å²) in [5, 5.41) is 10.8. The number of hydrogen-bond donors (Lipinski definition) is 0. The van der Waals surface area contributed by atoms with Gasteiger partial charge in [0.05, 0.1) is 0 Å². The van der Waals surface area contributed by atoms with Gasteiger partial charge in [0.15, 0.2) is 0 Å². The Balaban J connectivity index is 2.59. The van der Waals surface area contributed by atoms with E-state index in [1.165, 1.54) is 10.8 Å². The van der Waals surface area contributed by atoms with Crippen LogP contribution in [0.5, 0.6) is 0 Å². The zero-order chi connectivity index (χ0) is 13.8. The SMILES string of the molecule is [C-]#[N+]c1cn(COCC[Si](C)(C)C)c(C(=O)[O-])n1. The third-order valence-corrected chi connectivity index (χ3v) is 3.99. The van der Waals surface area contributed by atoms with Gasteiger partial charge in [-0.3, -0.25) is 4.57 Å². The Bertz CT molecular complexity index is 471. The van der Waals surface area contributed by atoms with Gasteiger partial charge in [-0.15, -0.1) is 0 Å². The smallest absolute Gasteiger partial charge is 0.288 e. The van der Waals surface area contributed by atoms with Gasteiger partial charge in [-0.25, -0.2) is 0 Å². The van der Waals surface area contributed by atoms with Gasteiger partial charge in [0.2, 0.25) is 0 Å². The highest BCUT2D eigenvalue weighted by molar-refractivity contribution is 6.76. The number of aromatic nitrogens is 2. The lowest BCUT2D eigenvalue weighted by Crippen LogP contribution is -2.27. The minimum atomic E-state index is -1.40. The Hall–Kier alpha value is -1.65. The van der Waals surface area contributed by atoms with Crippen LogP contribution in [0.15, 0.2) is 6.20 Å². The molecule has 1 heterocycles. The van der Waals surface area contributed by atoms with E-state index < -0.39 is 14.0 Å². The molecule has 0 fully saturated rings. The minimum Gasteiger partial charge on any atom is -0.540 e. The number of aromatic carboxylic acids is 1. The topological polar surface area (TPSA) is 71.5 Å². The summed E-state index contributed by atoms with van der Waals surface area (Å²) in [4.78, 5) is 17.5. The number of carbonyl (C=O) groups is 1. The van der Waals surface area contributed by atoms with E-state index in [2.05, 4.69) is 29.5 Å². The van der Waals surface area contributed by atoms with Crippen molar-refractivity contribution >= 4 is 19.9 Å². The largest absolute Gasteiger partial charge is 0.540 e. The second-order valence-electron chi connectivity index (χ2n) is 5.14. The quantitative estimate of drug-likeness (QED) is 0.439. The fraction of sp³-hybridized carbons (Fsp3) is 0.545. The summed E-state index contributed by atoms with van der Waals surface area (Å²) in [6.07, 6.45) is 1.35. The highest BCUT2D eigenvalue weighted by Gasteiger charge is 2.14. The summed E-state index contributed by atoms with van der Waals surface area (Å²) in [6, 6.07) is 0.998. The normalized spacial score (nSPS) is 11.2. The van der Waals surface area contributed by atoms with Crippen molar-refractivity contribution in [2.75, 3.05) is 6.61 Å². The molecule has 6 nitrogen and oxygen atoms in total. The molecule has 18 heavy (non-hydrogen) atoms. The van der Waals surface area contributed by atoms with Gasteiger partial charge in [-0.05, 0) is 6.04 Å². The number of rotatable bonds is 6. The summed E-state index contributed by atoms with van der Waals surface area (Å²) in [6.45, 7) is 14.1. The number of carbonyl (C=O) groups excluding carboxylic acids is 1. The lowest BCUT2D eigenvalue weighted by atomic mass is 10.6. The zero-order valence-electron chi connectivity index (χ0n) is 10.8. The Morgan fingerprint density at radius 2 is 2.28 bits per heavy atom. The van der Waals surface area contributed by atoms with Crippen LogP contribution < -0.4 is 5.11 Å². The van der Waals surface area contributed by atoms with Crippen LogP contribution in [0.3, 0.4) is 0 Å². The van der Waals surface area contributed by atoms with Gasteiger partial charge < -0.3 is 19.5 Å². The maximum Gasteiger partial charge on any atom is 0.288 e. The molecule has 0 unspecified atom stereocenters. The molecule has 0 saturated heterocycles. The monoisotopic (exact) mass is 266 g/mol. The van der Waals surface area contributed by atoms with Gasteiger partial charge in [-0.1, -0.05) is 31.2 Å². The third-order valence-electron chi connectivity index (χ3n) is 2.29. The van der Waals surface area contributed by atoms with Gasteiger partial charge in [0, 0.05) is 20.9 Å². The van der Waals surface area contributed by atoms with Gasteiger partial charge in [0.1, 0.15) is 12.7 Å². The molecule has 0 bridgehead atoms. The predicted octanol–water partition coefficient (Wildman–Crippen LogP) is 1.11. The average Bonchev–Trinajstić information content (AvgIpc) is 2.66. The van der Waals surface area contributed by atoms with Crippen LogP contribution in [-0.4, -0.2) is 30.2 Å². The second kappa shape index (κ2) is 5.80. The minimum absolute atomic E-state index is 0.0306. The first kappa shape index (κ1) is 14.4. The van der Waals surface area contributed by atoms with Crippen molar-refractivity contribution in [3.05, 3.63) is 23.4 Å². The van der Waals surface area contributed by atoms with Crippen molar-refractivity contribution in [3.8, 4) is 0 Å². The number of ether oxygens (including phenoxy) is 1. The summed E-state index contributed by atoms with van der Waals surface area (Å²) < 4.78 is 6.69. The van der Waals surface area contributed by atoms with Crippen LogP contribution in [0.1, 0.15) is 10.6 Å². The molecule has 0 spiro atoms. The maximum atomic E-state index is 10.8. The van der Waals surface area contributed by atoms with Crippen LogP contribution in [0.4, 0.5) is 5.82 Å². The molecule has 0 aliphatic carbocycles. The molecule has 1 aromatic heterocycles. The lowest BCUT2D eigenvalue weighted by Gasteiger charge is -2.15. The molecule has 0 aliphatic heterocycles. The molecular weight excluding hydrogens is 250 g/mol. The molecule has 7 heteroatoms. The van der Waals surface area contributed by atoms with Crippen molar-refractivity contribution in [2.24, 2.45) is 0 Å². The van der Waals surface area contributed by atoms with Crippen LogP contribution >= 0.6 is 0 Å². The van der Waals surface area contributed by atoms with E-state index in [0.29, 0.717) is 6.61 Å². The van der Waals surface area contributed by atoms with Gasteiger partial charge in [0.25, 0.3) is 11.6 Å². The lowest BCUT2D eigenvalue weighted by molar-refractivity contribution is -0.256. The highest BCUT2D eigenvalue weighted by atomic mass is 28.3. The Labute approximate surface area is 107 Å². The third kappa shape index (κ3) is 4.31. The summed E-state index contributed by atoms with van der Waals surface area (Å²) >= 11 is 0. The van der Waals surface area contributed by atoms with E-state index in [-0.39, 0.29) is 18.4 Å². The molecular formula is C11H16N3O3Si-. The zero-order valence-corrected chi connectivity index (χ0v) is 11.8. The van der Waals surface area contributed by atoms with Gasteiger partial charge in [-0.2, -0.15) is 0 Å². The van der Waals surface area contributed by atoms with Crippen molar-refractivity contribution in [1.82, 2.24) is 9.55 Å². The van der Waals surface area contributed by atoms with Crippen molar-refractivity contribution in [1.29, 1.82) is 0 Å². The van der Waals surface area contributed by atoms with Crippen LogP contribution in [-0.2, 0) is 11.5 Å². The number of carboxylic acid groups (broad SMARTS) is 1. The first-order chi connectivity index (χ1) is 8.33. The van der Waals surface area contributed by atoms with E-state index in [1.54, 1.807) is 0 Å². The first-order valence-electron chi connectivity index (χ1n) is 5.57. The predicted molar refractivity (Wildman–Crippen MR) is 66.9 cm³/mol. The Morgan fingerprint density at radius 3 is 2.78 bits per heavy atom. The standard InChI is InChI=1S/C11H17N3O3Si/c1-12-9-7-14(10(13-9)11(15)16)8-17-5-6-18(2,3)4/h7H,5-6,8H2,2-4H3,(H,15,16)/p-1. The van der Waals surface area contributed by atoms with Crippen molar-refractivity contribution in [2.45, 2.75) is 32.4 Å². The maximum absolute atomic E-state index is 10.8. The molecule has 0 atom stereocenters. The van der Waals surface area contributed by atoms with E-state index in [1.807, 2.05) is 0 Å². The fourth-order valence-corrected chi connectivity index (χ4v) is 2.02. The molecule has 0 aliphatic rings. The Morgan fingerprint density at radius 1 is 1.61 bits per heavy atom. The van der Waals surface area contributed by atoms with Gasteiger partial charge >= 0.3 is 0 Å². The molecule has 98 valence electrons. The number of imidazole rings is 1. The van der Waals surface area contributed by atoms with Crippen molar-refractivity contribution < 1.29 is 14.6 Å². The molecule has 0 N–H and O–H groups in total. The van der Waals surface area contributed by atoms with E-state index in [9.17, 15) is 9.90 Å². The van der Waals surface area contributed by atoms with Crippen LogP contribution in [0.2, 0.25) is 25.7 Å². The average molecular weight is 266 g/mol. The summed E-state index contributed by atoms with van der Waals surface area (Å²) in [7, 11) is -1.16. The first-order valence-corrected chi connectivity index (χ1v) is 9.28. The fourth-order valence-electron chi connectivity index (χ4n) is 1.26. The second-order valence-corrected chi connectivity index (χ2v) is 10.8. The molecule has 0 aromatic carbocycles. The molecule has 0 amide bonds. The Kier molecular flexibility index (Phi) is 4.64. The molecule has 1 aromatic rings. The molecule has 0 radical (unpaired) electrons. The van der Waals surface area contributed by atoms with E-state index in [4.69, 9.17) is 11.3 Å².